The third-order valence-corrected chi connectivity index (χ3v) is 4.54. The molecule has 0 aromatic heterocycles. The number of carbonyl (C=O) groups excluding carboxylic acids is 1. The lowest BCUT2D eigenvalue weighted by Crippen LogP contribution is -2.36. The molecule has 1 aromatic rings. The van der Waals surface area contributed by atoms with Crippen LogP contribution in [0.5, 0.6) is 0 Å². The van der Waals surface area contributed by atoms with Gasteiger partial charge in [0.15, 0.2) is 5.96 Å². The highest BCUT2D eigenvalue weighted by Gasteiger charge is 2.37. The molecule has 0 aliphatic carbocycles. The summed E-state index contributed by atoms with van der Waals surface area (Å²) in [4.78, 5) is 29.9. The number of fused-ring (bicyclic) bond motifs is 1. The van der Waals surface area contributed by atoms with Crippen LogP contribution in [0.2, 0.25) is 0 Å². The Morgan fingerprint density at radius 3 is 2.74 bits per heavy atom. The molecule has 3 rings (SSSR count). The number of carbonyl (C=O) groups is 2. The van der Waals surface area contributed by atoms with Crippen molar-refractivity contribution in [2.45, 2.75) is 45.6 Å². The molecule has 2 aliphatic rings. The zero-order valence-corrected chi connectivity index (χ0v) is 16.1. The summed E-state index contributed by atoms with van der Waals surface area (Å²) in [6, 6.07) is 3.79. The number of ether oxygens (including phenoxy) is 1. The van der Waals surface area contributed by atoms with E-state index in [0.717, 1.165) is 35.6 Å². The topological polar surface area (TPSA) is 103 Å². The molecule has 2 heterocycles. The van der Waals surface area contributed by atoms with Gasteiger partial charge in [-0.1, -0.05) is 6.07 Å². The van der Waals surface area contributed by atoms with Crippen LogP contribution in [-0.2, 0) is 9.53 Å². The Kier molecular flexibility index (Phi) is 4.99. The van der Waals surface area contributed by atoms with Crippen LogP contribution in [0.3, 0.4) is 0 Å². The third-order valence-electron chi connectivity index (χ3n) is 4.54. The molecule has 1 unspecified atom stereocenters. The smallest absolute Gasteiger partial charge is 0.414 e. The van der Waals surface area contributed by atoms with Gasteiger partial charge in [-0.15, -0.1) is 0 Å². The molecule has 1 atom stereocenters. The van der Waals surface area contributed by atoms with E-state index in [1.54, 1.807) is 4.90 Å². The molecule has 1 amide bonds. The van der Waals surface area contributed by atoms with E-state index in [4.69, 9.17) is 4.74 Å². The van der Waals surface area contributed by atoms with Gasteiger partial charge < -0.3 is 20.5 Å². The van der Waals surface area contributed by atoms with Gasteiger partial charge in [0.25, 0.3) is 0 Å². The van der Waals surface area contributed by atoms with E-state index in [1.807, 2.05) is 39.8 Å². The maximum Gasteiger partial charge on any atom is 0.414 e. The average molecular weight is 374 g/mol. The second-order valence-electron chi connectivity index (χ2n) is 7.84. The Hall–Kier alpha value is -2.77. The minimum absolute atomic E-state index is 0.0349. The molecule has 0 saturated carbocycles. The van der Waals surface area contributed by atoms with Crippen LogP contribution < -0.4 is 15.5 Å². The first kappa shape index (κ1) is 19.0. The van der Waals surface area contributed by atoms with Gasteiger partial charge in [-0.2, -0.15) is 0 Å². The molecule has 0 spiro atoms. The average Bonchev–Trinajstić information content (AvgIpc) is 3.16. The third kappa shape index (κ3) is 4.15. The summed E-state index contributed by atoms with van der Waals surface area (Å²) in [7, 11) is 0. The fraction of sp³-hybridized carbons (Fsp3) is 0.526. The fourth-order valence-corrected chi connectivity index (χ4v) is 3.43. The number of amides is 1. The number of hydrogen-bond donors (Lipinski definition) is 3. The van der Waals surface area contributed by atoms with Crippen molar-refractivity contribution >= 4 is 29.4 Å². The molecule has 3 N–H and O–H groups in total. The number of carboxylic acids is 1. The first-order valence-electron chi connectivity index (χ1n) is 9.07. The predicted molar refractivity (Wildman–Crippen MR) is 104 cm³/mol. The highest BCUT2D eigenvalue weighted by Crippen LogP contribution is 2.43. The quantitative estimate of drug-likeness (QED) is 0.752. The number of rotatable bonds is 3. The standard InChI is InChI=1S/C19H26N4O4/c1-11-14(22-17-20-7-8-21-17)6-5-13-12(9-15(24)25)10-23(16(11)13)18(26)27-19(2,3)4/h5-6,12H,7-10H2,1-4H3,(H,24,25)(H2,20,21,22). The minimum atomic E-state index is -0.888. The summed E-state index contributed by atoms with van der Waals surface area (Å²) in [5.41, 5.74) is 2.63. The number of nitrogens with zero attached hydrogens (tertiary/aromatic N) is 2. The lowest BCUT2D eigenvalue weighted by molar-refractivity contribution is -0.137. The van der Waals surface area contributed by atoms with E-state index in [0.29, 0.717) is 12.5 Å². The van der Waals surface area contributed by atoms with E-state index in [-0.39, 0.29) is 12.3 Å². The van der Waals surface area contributed by atoms with Crippen molar-refractivity contribution in [3.05, 3.63) is 23.3 Å². The number of hydrogen-bond acceptors (Lipinski definition) is 6. The van der Waals surface area contributed by atoms with Crippen LogP contribution in [0, 0.1) is 6.92 Å². The molecule has 8 nitrogen and oxygen atoms in total. The number of guanidine groups is 1. The van der Waals surface area contributed by atoms with Crippen molar-refractivity contribution in [3.8, 4) is 0 Å². The number of anilines is 2. The largest absolute Gasteiger partial charge is 0.481 e. The number of aliphatic carboxylic acids is 1. The van der Waals surface area contributed by atoms with Gasteiger partial charge in [-0.05, 0) is 44.9 Å². The van der Waals surface area contributed by atoms with E-state index < -0.39 is 17.7 Å². The zero-order valence-electron chi connectivity index (χ0n) is 16.1. The van der Waals surface area contributed by atoms with Crippen molar-refractivity contribution in [2.24, 2.45) is 4.99 Å². The molecule has 0 radical (unpaired) electrons. The summed E-state index contributed by atoms with van der Waals surface area (Å²) >= 11 is 0. The van der Waals surface area contributed by atoms with Gasteiger partial charge in [-0.25, -0.2) is 4.79 Å². The Balaban J connectivity index is 1.96. The molecule has 146 valence electrons. The van der Waals surface area contributed by atoms with Crippen LogP contribution in [0.1, 0.15) is 44.2 Å². The van der Waals surface area contributed by atoms with Crippen LogP contribution >= 0.6 is 0 Å². The molecule has 8 heteroatoms. The first-order valence-corrected chi connectivity index (χ1v) is 9.07. The summed E-state index contributed by atoms with van der Waals surface area (Å²) in [6.07, 6.45) is -0.500. The van der Waals surface area contributed by atoms with Crippen LogP contribution in [0.15, 0.2) is 17.1 Å². The molecule has 1 aromatic carbocycles. The molecule has 2 aliphatic heterocycles. The normalized spacial score (nSPS) is 18.6. The molecular formula is C19H26N4O4. The van der Waals surface area contributed by atoms with Crippen molar-refractivity contribution < 1.29 is 19.4 Å². The molecule has 0 saturated heterocycles. The van der Waals surface area contributed by atoms with Crippen molar-refractivity contribution in [2.75, 3.05) is 29.9 Å². The van der Waals surface area contributed by atoms with Crippen LogP contribution in [0.25, 0.3) is 0 Å². The lowest BCUT2D eigenvalue weighted by atomic mass is 9.96. The van der Waals surface area contributed by atoms with Gasteiger partial charge in [0.05, 0.1) is 18.7 Å². The van der Waals surface area contributed by atoms with E-state index in [2.05, 4.69) is 15.6 Å². The van der Waals surface area contributed by atoms with Crippen molar-refractivity contribution in [3.63, 3.8) is 0 Å². The highest BCUT2D eigenvalue weighted by atomic mass is 16.6. The second-order valence-corrected chi connectivity index (χ2v) is 7.84. The summed E-state index contributed by atoms with van der Waals surface area (Å²) < 4.78 is 5.54. The van der Waals surface area contributed by atoms with Gasteiger partial charge in [0.2, 0.25) is 0 Å². The lowest BCUT2D eigenvalue weighted by Gasteiger charge is -2.26. The molecule has 0 fully saturated rings. The summed E-state index contributed by atoms with van der Waals surface area (Å²) in [5, 5.41) is 15.7. The van der Waals surface area contributed by atoms with Gasteiger partial charge >= 0.3 is 12.1 Å². The number of benzene rings is 1. The van der Waals surface area contributed by atoms with Gasteiger partial charge in [0, 0.05) is 24.7 Å². The SMILES string of the molecule is Cc1c(NC2=NCCN2)ccc2c1N(C(=O)OC(C)(C)C)CC2CC(=O)O. The monoisotopic (exact) mass is 374 g/mol. The van der Waals surface area contributed by atoms with Crippen LogP contribution in [0.4, 0.5) is 16.2 Å². The summed E-state index contributed by atoms with van der Waals surface area (Å²) in [6.45, 7) is 9.15. The molecular weight excluding hydrogens is 348 g/mol. The Morgan fingerprint density at radius 2 is 2.15 bits per heavy atom. The maximum absolute atomic E-state index is 12.8. The summed E-state index contributed by atoms with van der Waals surface area (Å²) in [5.74, 6) is -0.456. The molecule has 0 bridgehead atoms. The zero-order chi connectivity index (χ0) is 19.8. The van der Waals surface area contributed by atoms with Crippen LogP contribution in [-0.4, -0.2) is 48.4 Å². The number of nitrogens with one attached hydrogen (secondary N) is 2. The van der Waals surface area contributed by atoms with Gasteiger partial charge in [0.1, 0.15) is 5.60 Å². The first-order chi connectivity index (χ1) is 12.7. The molecule has 27 heavy (non-hydrogen) atoms. The fourth-order valence-electron chi connectivity index (χ4n) is 3.43. The Morgan fingerprint density at radius 1 is 1.41 bits per heavy atom. The predicted octanol–water partition coefficient (Wildman–Crippen LogP) is 2.68. The minimum Gasteiger partial charge on any atom is -0.481 e. The van der Waals surface area contributed by atoms with Gasteiger partial charge in [-0.3, -0.25) is 14.7 Å². The van der Waals surface area contributed by atoms with E-state index >= 15 is 0 Å². The highest BCUT2D eigenvalue weighted by molar-refractivity contribution is 5.99. The Labute approximate surface area is 158 Å². The van der Waals surface area contributed by atoms with Crippen molar-refractivity contribution in [1.82, 2.24) is 5.32 Å². The Bertz CT molecular complexity index is 798. The maximum atomic E-state index is 12.8. The number of aliphatic imine (C=N–C) groups is 1. The van der Waals surface area contributed by atoms with E-state index in [1.165, 1.54) is 0 Å². The van der Waals surface area contributed by atoms with Crippen molar-refractivity contribution in [1.29, 1.82) is 0 Å². The number of carboxylic acid groups (broad SMARTS) is 1. The van der Waals surface area contributed by atoms with E-state index in [9.17, 15) is 14.7 Å². The second kappa shape index (κ2) is 7.09.